The third-order valence-corrected chi connectivity index (χ3v) is 2.18. The van der Waals surface area contributed by atoms with Gasteiger partial charge in [0, 0.05) is 6.54 Å². The summed E-state index contributed by atoms with van der Waals surface area (Å²) in [4.78, 5) is 12.4. The van der Waals surface area contributed by atoms with Crippen LogP contribution < -0.4 is 0 Å². The van der Waals surface area contributed by atoms with Crippen LogP contribution in [0.25, 0.3) is 0 Å². The number of carbonyl (C=O) groups is 1. The van der Waals surface area contributed by atoms with Crippen LogP contribution in [0, 0.1) is 0 Å². The van der Waals surface area contributed by atoms with E-state index in [1.165, 1.54) is 0 Å². The highest BCUT2D eigenvalue weighted by molar-refractivity contribution is 5.86. The molecular weight excluding hydrogens is 253 g/mol. The fraction of sp³-hybridized carbons (Fsp3) is 0.667. The molecule has 9 heteroatoms. The van der Waals surface area contributed by atoms with Crippen molar-refractivity contribution in [3.63, 3.8) is 0 Å². The third-order valence-electron chi connectivity index (χ3n) is 2.18. The highest BCUT2D eigenvalue weighted by Crippen LogP contribution is 2.31. The van der Waals surface area contributed by atoms with Crippen LogP contribution in [0.4, 0.5) is 13.2 Å². The van der Waals surface area contributed by atoms with Gasteiger partial charge in [-0.2, -0.15) is 13.2 Å². The lowest BCUT2D eigenvalue weighted by molar-refractivity contribution is -0.144. The second kappa shape index (κ2) is 5.34. The zero-order valence-corrected chi connectivity index (χ0v) is 9.90. The number of carboxylic acid groups (broad SMARTS) is 1. The minimum Gasteiger partial charge on any atom is -0.476 e. The molecular formula is C9H13F3N4O2. The molecule has 0 aromatic carbocycles. The van der Waals surface area contributed by atoms with Gasteiger partial charge >= 0.3 is 12.1 Å². The van der Waals surface area contributed by atoms with Crippen LogP contribution in [0.3, 0.4) is 0 Å². The van der Waals surface area contributed by atoms with Gasteiger partial charge in [0.15, 0.2) is 5.69 Å². The molecule has 1 aromatic rings. The smallest absolute Gasteiger partial charge is 0.435 e. The summed E-state index contributed by atoms with van der Waals surface area (Å²) in [5.74, 6) is -1.74. The van der Waals surface area contributed by atoms with Gasteiger partial charge in [0.1, 0.15) is 0 Å². The first kappa shape index (κ1) is 14.4. The van der Waals surface area contributed by atoms with Gasteiger partial charge in [-0.25, -0.2) is 9.48 Å². The fourth-order valence-corrected chi connectivity index (χ4v) is 1.43. The maximum atomic E-state index is 12.7. The van der Waals surface area contributed by atoms with Gasteiger partial charge in [-0.15, -0.1) is 5.10 Å². The highest BCUT2D eigenvalue weighted by atomic mass is 19.4. The quantitative estimate of drug-likeness (QED) is 0.859. The highest BCUT2D eigenvalue weighted by Gasteiger charge is 2.41. The van der Waals surface area contributed by atoms with Gasteiger partial charge in [0.25, 0.3) is 0 Å². The zero-order valence-electron chi connectivity index (χ0n) is 9.90. The zero-order chi connectivity index (χ0) is 13.9. The first-order valence-electron chi connectivity index (χ1n) is 5.12. The number of carboxylic acids is 1. The molecule has 18 heavy (non-hydrogen) atoms. The molecule has 0 fully saturated rings. The summed E-state index contributed by atoms with van der Waals surface area (Å²) < 4.78 is 38.7. The molecule has 0 saturated carbocycles. The van der Waals surface area contributed by atoms with Crippen molar-refractivity contribution in [2.24, 2.45) is 0 Å². The maximum absolute atomic E-state index is 12.7. The SMILES string of the molecule is CN(C)CCCn1nnc(C(=O)O)c1C(F)(F)F. The Kier molecular flexibility index (Phi) is 4.28. The lowest BCUT2D eigenvalue weighted by Gasteiger charge is -2.12. The number of aromatic nitrogens is 3. The van der Waals surface area contributed by atoms with E-state index >= 15 is 0 Å². The molecule has 0 unspecified atom stereocenters. The molecule has 0 radical (unpaired) electrons. The summed E-state index contributed by atoms with van der Waals surface area (Å²) in [6, 6.07) is 0. The number of halogens is 3. The van der Waals surface area contributed by atoms with E-state index in [0.29, 0.717) is 17.6 Å². The van der Waals surface area contributed by atoms with E-state index in [2.05, 4.69) is 10.3 Å². The van der Waals surface area contributed by atoms with Crippen LogP contribution in [0.2, 0.25) is 0 Å². The van der Waals surface area contributed by atoms with Crippen LogP contribution in [0.1, 0.15) is 22.6 Å². The average Bonchev–Trinajstić information content (AvgIpc) is 2.60. The Morgan fingerprint density at radius 3 is 2.50 bits per heavy atom. The van der Waals surface area contributed by atoms with Crippen LogP contribution in [0.5, 0.6) is 0 Å². The second-order valence-corrected chi connectivity index (χ2v) is 3.97. The van der Waals surface area contributed by atoms with Crippen molar-refractivity contribution in [2.75, 3.05) is 20.6 Å². The molecule has 1 heterocycles. The maximum Gasteiger partial charge on any atom is 0.435 e. The fourth-order valence-electron chi connectivity index (χ4n) is 1.43. The standard InChI is InChI=1S/C9H13F3N4O2/c1-15(2)4-3-5-16-7(9(10,11)12)6(8(17)18)13-14-16/h3-5H2,1-2H3,(H,17,18). The lowest BCUT2D eigenvalue weighted by atomic mass is 10.3. The van der Waals surface area contributed by atoms with Gasteiger partial charge in [-0.1, -0.05) is 5.21 Å². The molecule has 6 nitrogen and oxygen atoms in total. The molecule has 102 valence electrons. The molecule has 1 aromatic heterocycles. The van der Waals surface area contributed by atoms with E-state index < -0.39 is 23.5 Å². The van der Waals surface area contributed by atoms with Crippen molar-refractivity contribution in [3.8, 4) is 0 Å². The minimum atomic E-state index is -4.78. The molecule has 1 rings (SSSR count). The third kappa shape index (κ3) is 3.42. The largest absolute Gasteiger partial charge is 0.476 e. The number of alkyl halides is 3. The minimum absolute atomic E-state index is 0.0344. The predicted molar refractivity (Wildman–Crippen MR) is 55.2 cm³/mol. The van der Waals surface area contributed by atoms with E-state index in [0.717, 1.165) is 0 Å². The molecule has 0 aliphatic carbocycles. The number of nitrogens with zero attached hydrogens (tertiary/aromatic N) is 4. The molecule has 0 aliphatic rings. The first-order chi connectivity index (χ1) is 8.23. The summed E-state index contributed by atoms with van der Waals surface area (Å²) in [6.07, 6.45) is -4.37. The molecule has 0 amide bonds. The summed E-state index contributed by atoms with van der Waals surface area (Å²) >= 11 is 0. The van der Waals surface area contributed by atoms with Crippen LogP contribution in [-0.4, -0.2) is 51.6 Å². The molecule has 1 N–H and O–H groups in total. The molecule has 0 bridgehead atoms. The Bertz CT molecular complexity index is 428. The average molecular weight is 266 g/mol. The molecule has 0 atom stereocenters. The first-order valence-corrected chi connectivity index (χ1v) is 5.12. The summed E-state index contributed by atoms with van der Waals surface area (Å²) in [6.45, 7) is 0.535. The summed E-state index contributed by atoms with van der Waals surface area (Å²) in [5, 5.41) is 14.9. The number of aromatic carboxylic acids is 1. The van der Waals surface area contributed by atoms with Crippen molar-refractivity contribution in [2.45, 2.75) is 19.1 Å². The van der Waals surface area contributed by atoms with Gasteiger partial charge < -0.3 is 10.0 Å². The van der Waals surface area contributed by atoms with E-state index in [-0.39, 0.29) is 6.54 Å². The van der Waals surface area contributed by atoms with E-state index in [1.54, 1.807) is 14.1 Å². The van der Waals surface area contributed by atoms with Crippen molar-refractivity contribution < 1.29 is 23.1 Å². The summed E-state index contributed by atoms with van der Waals surface area (Å²) in [7, 11) is 3.57. The Morgan fingerprint density at radius 1 is 1.44 bits per heavy atom. The second-order valence-electron chi connectivity index (χ2n) is 3.97. The number of rotatable bonds is 5. The Labute approximate surface area is 101 Å². The van der Waals surface area contributed by atoms with E-state index in [9.17, 15) is 18.0 Å². The van der Waals surface area contributed by atoms with Crippen LogP contribution in [0.15, 0.2) is 0 Å². The van der Waals surface area contributed by atoms with Crippen molar-refractivity contribution in [1.29, 1.82) is 0 Å². The van der Waals surface area contributed by atoms with Gasteiger partial charge in [-0.3, -0.25) is 0 Å². The number of aryl methyl sites for hydroxylation is 1. The van der Waals surface area contributed by atoms with Gasteiger partial charge in [0.2, 0.25) is 5.69 Å². The van der Waals surface area contributed by atoms with E-state index in [4.69, 9.17) is 5.11 Å². The molecule has 0 spiro atoms. The monoisotopic (exact) mass is 266 g/mol. The number of hydrogen-bond acceptors (Lipinski definition) is 4. The van der Waals surface area contributed by atoms with Gasteiger partial charge in [-0.05, 0) is 27.1 Å². The lowest BCUT2D eigenvalue weighted by Crippen LogP contribution is -2.20. The normalized spacial score (nSPS) is 12.1. The van der Waals surface area contributed by atoms with Crippen LogP contribution in [-0.2, 0) is 12.7 Å². The van der Waals surface area contributed by atoms with Crippen LogP contribution >= 0.6 is 0 Å². The summed E-state index contributed by atoms with van der Waals surface area (Å²) in [5.41, 5.74) is -2.37. The topological polar surface area (TPSA) is 71.2 Å². The Hall–Kier alpha value is -1.64. The number of hydrogen-bond donors (Lipinski definition) is 1. The Morgan fingerprint density at radius 2 is 2.06 bits per heavy atom. The molecule has 0 aliphatic heterocycles. The van der Waals surface area contributed by atoms with E-state index in [1.807, 2.05) is 4.90 Å². The van der Waals surface area contributed by atoms with Gasteiger partial charge in [0.05, 0.1) is 0 Å². The van der Waals surface area contributed by atoms with Crippen molar-refractivity contribution >= 4 is 5.97 Å². The predicted octanol–water partition coefficient (Wildman–Crippen LogP) is 0.947. The molecule has 0 saturated heterocycles. The Balaban J connectivity index is 2.95. The van der Waals surface area contributed by atoms with Crippen molar-refractivity contribution in [1.82, 2.24) is 19.9 Å². The van der Waals surface area contributed by atoms with Crippen molar-refractivity contribution in [3.05, 3.63) is 11.4 Å².